The number of aromatic carboxylic acids is 1. The molecule has 0 aromatic carbocycles. The van der Waals surface area contributed by atoms with Crippen LogP contribution in [0.3, 0.4) is 0 Å². The Balaban J connectivity index is 2.23. The molecule has 5 nitrogen and oxygen atoms in total. The summed E-state index contributed by atoms with van der Waals surface area (Å²) in [5.41, 5.74) is 3.37. The topological polar surface area (TPSA) is 76.0 Å². The van der Waals surface area contributed by atoms with Crippen LogP contribution in [0.15, 0.2) is 61.3 Å². The summed E-state index contributed by atoms with van der Waals surface area (Å²) in [5.74, 6) is -1.00. The molecule has 0 saturated heterocycles. The fourth-order valence-electron chi connectivity index (χ4n) is 2.07. The van der Waals surface area contributed by atoms with Crippen molar-refractivity contribution in [3.05, 3.63) is 66.9 Å². The third-order valence-corrected chi connectivity index (χ3v) is 3.08. The first-order valence-electron chi connectivity index (χ1n) is 6.30. The van der Waals surface area contributed by atoms with E-state index in [4.69, 9.17) is 5.11 Å². The van der Waals surface area contributed by atoms with Crippen LogP contribution in [0.4, 0.5) is 0 Å². The lowest BCUT2D eigenvalue weighted by Crippen LogP contribution is -2.00. The van der Waals surface area contributed by atoms with E-state index < -0.39 is 5.97 Å². The molecule has 0 aliphatic heterocycles. The van der Waals surface area contributed by atoms with Crippen LogP contribution in [-0.2, 0) is 0 Å². The third kappa shape index (κ3) is 2.62. The van der Waals surface area contributed by atoms with E-state index >= 15 is 0 Å². The molecule has 3 heterocycles. The molecule has 3 aromatic heterocycles. The maximum Gasteiger partial charge on any atom is 0.337 e. The summed E-state index contributed by atoms with van der Waals surface area (Å²) in [6, 6.07) is 8.96. The summed E-state index contributed by atoms with van der Waals surface area (Å²) < 4.78 is 0. The average Bonchev–Trinajstić information content (AvgIpc) is 2.56. The molecule has 5 heteroatoms. The molecule has 0 atom stereocenters. The Morgan fingerprint density at radius 1 is 0.905 bits per heavy atom. The SMILES string of the molecule is O=C(O)c1cnc(-c2ccncc2)c(-c2ccncc2)c1. The average molecular weight is 277 g/mol. The van der Waals surface area contributed by atoms with Gasteiger partial charge in [0, 0.05) is 42.1 Å². The summed E-state index contributed by atoms with van der Waals surface area (Å²) in [6.45, 7) is 0. The predicted octanol–water partition coefficient (Wildman–Crippen LogP) is 2.90. The van der Waals surface area contributed by atoms with Crippen molar-refractivity contribution in [3.8, 4) is 22.4 Å². The van der Waals surface area contributed by atoms with E-state index in [9.17, 15) is 4.79 Å². The van der Waals surface area contributed by atoms with Crippen molar-refractivity contribution in [2.45, 2.75) is 0 Å². The highest BCUT2D eigenvalue weighted by molar-refractivity contribution is 5.91. The number of hydrogen-bond acceptors (Lipinski definition) is 4. The van der Waals surface area contributed by atoms with Gasteiger partial charge in [0.15, 0.2) is 0 Å². The largest absolute Gasteiger partial charge is 0.478 e. The lowest BCUT2D eigenvalue weighted by atomic mass is 9.99. The number of hydrogen-bond donors (Lipinski definition) is 1. The highest BCUT2D eigenvalue weighted by Crippen LogP contribution is 2.30. The highest BCUT2D eigenvalue weighted by atomic mass is 16.4. The van der Waals surface area contributed by atoms with Gasteiger partial charge >= 0.3 is 5.97 Å². The zero-order chi connectivity index (χ0) is 14.7. The van der Waals surface area contributed by atoms with Crippen LogP contribution in [0, 0.1) is 0 Å². The van der Waals surface area contributed by atoms with Gasteiger partial charge in [-0.25, -0.2) is 4.79 Å². The summed E-state index contributed by atoms with van der Waals surface area (Å²) >= 11 is 0. The molecule has 21 heavy (non-hydrogen) atoms. The van der Waals surface area contributed by atoms with Crippen LogP contribution in [-0.4, -0.2) is 26.0 Å². The van der Waals surface area contributed by atoms with Crippen LogP contribution in [0.5, 0.6) is 0 Å². The molecule has 0 amide bonds. The van der Waals surface area contributed by atoms with Gasteiger partial charge in [0.2, 0.25) is 0 Å². The molecule has 0 aliphatic carbocycles. The van der Waals surface area contributed by atoms with E-state index in [0.717, 1.165) is 16.7 Å². The van der Waals surface area contributed by atoms with Gasteiger partial charge < -0.3 is 5.11 Å². The molecule has 0 radical (unpaired) electrons. The molecular formula is C16H11N3O2. The summed E-state index contributed by atoms with van der Waals surface area (Å²) in [5, 5.41) is 9.16. The van der Waals surface area contributed by atoms with Gasteiger partial charge in [-0.15, -0.1) is 0 Å². The monoisotopic (exact) mass is 277 g/mol. The molecular weight excluding hydrogens is 266 g/mol. The number of rotatable bonds is 3. The van der Waals surface area contributed by atoms with E-state index in [1.54, 1.807) is 30.9 Å². The van der Waals surface area contributed by atoms with E-state index in [1.165, 1.54) is 6.20 Å². The van der Waals surface area contributed by atoms with Crippen molar-refractivity contribution in [1.29, 1.82) is 0 Å². The zero-order valence-corrected chi connectivity index (χ0v) is 11.0. The fraction of sp³-hybridized carbons (Fsp3) is 0. The molecule has 102 valence electrons. The predicted molar refractivity (Wildman–Crippen MR) is 77.7 cm³/mol. The molecule has 0 saturated carbocycles. The Kier molecular flexibility index (Phi) is 3.39. The Hall–Kier alpha value is -3.08. The van der Waals surface area contributed by atoms with Crippen molar-refractivity contribution in [2.75, 3.05) is 0 Å². The minimum Gasteiger partial charge on any atom is -0.478 e. The molecule has 0 aliphatic rings. The normalized spacial score (nSPS) is 10.3. The minimum absolute atomic E-state index is 0.152. The van der Waals surface area contributed by atoms with Crippen molar-refractivity contribution in [3.63, 3.8) is 0 Å². The third-order valence-electron chi connectivity index (χ3n) is 3.08. The van der Waals surface area contributed by atoms with E-state index in [1.807, 2.05) is 24.3 Å². The van der Waals surface area contributed by atoms with E-state index in [2.05, 4.69) is 15.0 Å². The number of carbonyl (C=O) groups is 1. The standard InChI is InChI=1S/C16H11N3O2/c20-16(21)13-9-14(11-1-5-17-6-2-11)15(19-10-13)12-3-7-18-8-4-12/h1-10H,(H,20,21). The first-order chi connectivity index (χ1) is 10.3. The molecule has 1 N–H and O–H groups in total. The van der Waals surface area contributed by atoms with Gasteiger partial charge in [0.05, 0.1) is 11.3 Å². The molecule has 0 bridgehead atoms. The molecule has 0 unspecified atom stereocenters. The van der Waals surface area contributed by atoms with Crippen molar-refractivity contribution >= 4 is 5.97 Å². The fourth-order valence-corrected chi connectivity index (χ4v) is 2.07. The molecule has 0 spiro atoms. The van der Waals surface area contributed by atoms with Crippen LogP contribution in [0.2, 0.25) is 0 Å². The summed E-state index contributed by atoms with van der Waals surface area (Å²) in [7, 11) is 0. The van der Waals surface area contributed by atoms with Gasteiger partial charge in [-0.05, 0) is 35.9 Å². The van der Waals surface area contributed by atoms with Crippen molar-refractivity contribution in [2.24, 2.45) is 0 Å². The first-order valence-corrected chi connectivity index (χ1v) is 6.30. The number of nitrogens with zero attached hydrogens (tertiary/aromatic N) is 3. The van der Waals surface area contributed by atoms with E-state index in [-0.39, 0.29) is 5.56 Å². The van der Waals surface area contributed by atoms with Gasteiger partial charge in [0.25, 0.3) is 0 Å². The number of aromatic nitrogens is 3. The Labute approximate surface area is 121 Å². The lowest BCUT2D eigenvalue weighted by molar-refractivity contribution is 0.0696. The van der Waals surface area contributed by atoms with Gasteiger partial charge in [-0.1, -0.05) is 0 Å². The number of carboxylic acid groups (broad SMARTS) is 1. The quantitative estimate of drug-likeness (QED) is 0.796. The van der Waals surface area contributed by atoms with Gasteiger partial charge in [0.1, 0.15) is 0 Å². The Morgan fingerprint density at radius 2 is 1.48 bits per heavy atom. The van der Waals surface area contributed by atoms with Gasteiger partial charge in [-0.2, -0.15) is 0 Å². The maximum atomic E-state index is 11.2. The number of carboxylic acids is 1. The van der Waals surface area contributed by atoms with E-state index in [0.29, 0.717) is 5.69 Å². The van der Waals surface area contributed by atoms with Crippen LogP contribution in [0.25, 0.3) is 22.4 Å². The zero-order valence-electron chi connectivity index (χ0n) is 11.0. The van der Waals surface area contributed by atoms with Crippen LogP contribution in [0.1, 0.15) is 10.4 Å². The highest BCUT2D eigenvalue weighted by Gasteiger charge is 2.13. The van der Waals surface area contributed by atoms with Crippen LogP contribution < -0.4 is 0 Å². The number of pyridine rings is 3. The molecule has 3 rings (SSSR count). The maximum absolute atomic E-state index is 11.2. The second-order valence-corrected chi connectivity index (χ2v) is 4.40. The first kappa shape index (κ1) is 12.9. The minimum atomic E-state index is -1.00. The van der Waals surface area contributed by atoms with Crippen molar-refractivity contribution < 1.29 is 9.90 Å². The molecule has 3 aromatic rings. The Bertz CT molecular complexity index is 774. The second-order valence-electron chi connectivity index (χ2n) is 4.40. The Morgan fingerprint density at radius 3 is 2.05 bits per heavy atom. The summed E-state index contributed by atoms with van der Waals surface area (Å²) in [4.78, 5) is 23.5. The van der Waals surface area contributed by atoms with Crippen molar-refractivity contribution in [1.82, 2.24) is 15.0 Å². The molecule has 0 fully saturated rings. The second kappa shape index (κ2) is 5.50. The van der Waals surface area contributed by atoms with Crippen LogP contribution >= 0.6 is 0 Å². The lowest BCUT2D eigenvalue weighted by Gasteiger charge is -2.10. The smallest absolute Gasteiger partial charge is 0.337 e. The summed E-state index contributed by atoms with van der Waals surface area (Å²) in [6.07, 6.45) is 8.05. The van der Waals surface area contributed by atoms with Gasteiger partial charge in [-0.3, -0.25) is 15.0 Å².